The van der Waals surface area contributed by atoms with Gasteiger partial charge in [-0.25, -0.2) is 4.79 Å². The Bertz CT molecular complexity index is 504. The molecule has 0 spiro atoms. The molecular formula is C24H45NO5. The summed E-state index contributed by atoms with van der Waals surface area (Å²) in [5, 5.41) is 0. The average molecular weight is 428 g/mol. The molecule has 0 aromatic heterocycles. The van der Waals surface area contributed by atoms with E-state index in [2.05, 4.69) is 25.5 Å². The third-order valence-electron chi connectivity index (χ3n) is 5.90. The smallest absolute Gasteiger partial charge is 0.412 e. The quantitative estimate of drug-likeness (QED) is 0.167. The van der Waals surface area contributed by atoms with Gasteiger partial charge in [0, 0.05) is 12.3 Å². The van der Waals surface area contributed by atoms with E-state index in [1.807, 2.05) is 6.92 Å². The molecule has 176 valence electrons. The molecule has 0 aromatic rings. The predicted octanol–water partition coefficient (Wildman–Crippen LogP) is 6.29. The zero-order valence-electron chi connectivity index (χ0n) is 20.0. The molecule has 1 amide bonds. The van der Waals surface area contributed by atoms with Crippen LogP contribution in [0.4, 0.5) is 4.79 Å². The molecule has 0 radical (unpaired) electrons. The minimum atomic E-state index is -1.02. The predicted molar refractivity (Wildman–Crippen MR) is 120 cm³/mol. The number of carbonyl (C=O) groups excluding carboxylic acids is 3. The van der Waals surface area contributed by atoms with Crippen molar-refractivity contribution in [3.05, 3.63) is 0 Å². The molecule has 0 heterocycles. The minimum absolute atomic E-state index is 0.00677. The first-order valence-electron chi connectivity index (χ1n) is 11.8. The zero-order valence-corrected chi connectivity index (χ0v) is 20.0. The highest BCUT2D eigenvalue weighted by Crippen LogP contribution is 2.33. The number of primary amides is 1. The number of amides is 1. The summed E-state index contributed by atoms with van der Waals surface area (Å²) in [5.74, 6) is -0.935. The van der Waals surface area contributed by atoms with E-state index in [0.29, 0.717) is 6.42 Å². The van der Waals surface area contributed by atoms with Crippen molar-refractivity contribution in [2.45, 2.75) is 124 Å². The summed E-state index contributed by atoms with van der Waals surface area (Å²) in [7, 11) is 0. The minimum Gasteiger partial charge on any atom is -0.462 e. The van der Waals surface area contributed by atoms with Gasteiger partial charge in [-0.05, 0) is 32.1 Å². The van der Waals surface area contributed by atoms with Crippen molar-refractivity contribution in [3.8, 4) is 0 Å². The van der Waals surface area contributed by atoms with Crippen LogP contribution in [0.15, 0.2) is 0 Å². The average Bonchev–Trinajstić information content (AvgIpc) is 2.66. The second kappa shape index (κ2) is 16.1. The van der Waals surface area contributed by atoms with E-state index in [1.54, 1.807) is 0 Å². The molecular weight excluding hydrogens is 382 g/mol. The molecule has 0 saturated carbocycles. The Morgan fingerprint density at radius 3 is 1.87 bits per heavy atom. The molecule has 0 aliphatic rings. The van der Waals surface area contributed by atoms with Crippen LogP contribution in [-0.2, 0) is 19.1 Å². The highest BCUT2D eigenvalue weighted by Gasteiger charge is 2.31. The van der Waals surface area contributed by atoms with Gasteiger partial charge in [0.15, 0.2) is 0 Å². The molecule has 0 fully saturated rings. The summed E-state index contributed by atoms with van der Waals surface area (Å²) in [4.78, 5) is 33.9. The van der Waals surface area contributed by atoms with E-state index < -0.39 is 12.1 Å². The van der Waals surface area contributed by atoms with Crippen LogP contribution in [0.1, 0.15) is 118 Å². The van der Waals surface area contributed by atoms with E-state index in [0.717, 1.165) is 64.2 Å². The van der Waals surface area contributed by atoms with E-state index in [-0.39, 0.29) is 23.4 Å². The molecule has 0 aliphatic heterocycles. The lowest BCUT2D eigenvalue weighted by Gasteiger charge is -2.34. The molecule has 6 heteroatoms. The van der Waals surface area contributed by atoms with Crippen molar-refractivity contribution >= 4 is 18.0 Å². The van der Waals surface area contributed by atoms with E-state index >= 15 is 0 Å². The van der Waals surface area contributed by atoms with Gasteiger partial charge in [0.2, 0.25) is 0 Å². The molecule has 2 atom stereocenters. The van der Waals surface area contributed by atoms with Gasteiger partial charge in [-0.3, -0.25) is 9.59 Å². The Balaban J connectivity index is 4.01. The fraction of sp³-hybridized carbons (Fsp3) is 0.875. The maximum Gasteiger partial charge on any atom is 0.412 e. The third kappa shape index (κ3) is 13.6. The van der Waals surface area contributed by atoms with Gasteiger partial charge in [-0.2, -0.15) is 0 Å². The van der Waals surface area contributed by atoms with Crippen molar-refractivity contribution < 1.29 is 23.9 Å². The lowest BCUT2D eigenvalue weighted by Crippen LogP contribution is -2.33. The summed E-state index contributed by atoms with van der Waals surface area (Å²) >= 11 is 0. The van der Waals surface area contributed by atoms with E-state index in [1.165, 1.54) is 19.8 Å². The number of rotatable bonds is 17. The third-order valence-corrected chi connectivity index (χ3v) is 5.90. The molecule has 2 unspecified atom stereocenters. The monoisotopic (exact) mass is 427 g/mol. The van der Waals surface area contributed by atoms with Crippen LogP contribution < -0.4 is 5.73 Å². The standard InChI is InChI=1S/C24H45NO5/c1-6-8-18-24(4,5)21(29-19(3)26)17-15-13-11-9-10-12-14-16-20(7-2)22(27)30-23(25)28/h20-21H,6-18H2,1-5H3,(H2,25,28). The fourth-order valence-electron chi connectivity index (χ4n) is 3.88. The van der Waals surface area contributed by atoms with Gasteiger partial charge in [0.25, 0.3) is 0 Å². The maximum atomic E-state index is 11.7. The SMILES string of the molecule is CCCCC(C)(C)C(CCCCCCCCCC(CC)C(=O)OC(N)=O)OC(C)=O. The van der Waals surface area contributed by atoms with Crippen molar-refractivity contribution in [2.75, 3.05) is 0 Å². The first kappa shape index (κ1) is 28.4. The lowest BCUT2D eigenvalue weighted by atomic mass is 9.79. The number of unbranched alkanes of at least 4 members (excludes halogenated alkanes) is 7. The summed E-state index contributed by atoms with van der Waals surface area (Å²) in [6, 6.07) is 0. The van der Waals surface area contributed by atoms with Crippen molar-refractivity contribution in [1.82, 2.24) is 0 Å². The van der Waals surface area contributed by atoms with Gasteiger partial charge in [-0.1, -0.05) is 79.1 Å². The van der Waals surface area contributed by atoms with Crippen molar-refractivity contribution in [1.29, 1.82) is 0 Å². The Hall–Kier alpha value is -1.59. The van der Waals surface area contributed by atoms with Crippen LogP contribution >= 0.6 is 0 Å². The van der Waals surface area contributed by atoms with Gasteiger partial charge in [0.05, 0.1) is 5.92 Å². The van der Waals surface area contributed by atoms with Crippen LogP contribution in [0.3, 0.4) is 0 Å². The Kier molecular flexibility index (Phi) is 15.3. The number of ether oxygens (including phenoxy) is 2. The number of carbonyl (C=O) groups is 3. The van der Waals surface area contributed by atoms with E-state index in [4.69, 9.17) is 10.5 Å². The topological polar surface area (TPSA) is 95.7 Å². The second-order valence-electron chi connectivity index (χ2n) is 9.09. The number of esters is 2. The number of hydrogen-bond donors (Lipinski definition) is 1. The number of hydrogen-bond acceptors (Lipinski definition) is 5. The summed E-state index contributed by atoms with van der Waals surface area (Å²) in [5.41, 5.74) is 4.92. The summed E-state index contributed by atoms with van der Waals surface area (Å²) in [6.07, 6.45) is 12.4. The molecule has 0 rings (SSSR count). The zero-order chi connectivity index (χ0) is 23.0. The second-order valence-corrected chi connectivity index (χ2v) is 9.09. The molecule has 30 heavy (non-hydrogen) atoms. The maximum absolute atomic E-state index is 11.7. The molecule has 6 nitrogen and oxygen atoms in total. The van der Waals surface area contributed by atoms with Gasteiger partial charge in [0.1, 0.15) is 6.10 Å². The fourth-order valence-corrected chi connectivity index (χ4v) is 3.88. The first-order valence-corrected chi connectivity index (χ1v) is 11.8. The molecule has 0 aliphatic carbocycles. The Morgan fingerprint density at radius 1 is 0.867 bits per heavy atom. The van der Waals surface area contributed by atoms with Crippen LogP contribution in [0.5, 0.6) is 0 Å². The largest absolute Gasteiger partial charge is 0.462 e. The van der Waals surface area contributed by atoms with Crippen LogP contribution in [0.2, 0.25) is 0 Å². The molecule has 0 aromatic carbocycles. The van der Waals surface area contributed by atoms with Gasteiger partial charge >= 0.3 is 18.0 Å². The summed E-state index contributed by atoms with van der Waals surface area (Å²) in [6.45, 7) is 10.0. The molecule has 2 N–H and O–H groups in total. The normalized spacial score (nSPS) is 13.5. The van der Waals surface area contributed by atoms with Crippen LogP contribution in [0.25, 0.3) is 0 Å². The number of nitrogens with two attached hydrogens (primary N) is 1. The lowest BCUT2D eigenvalue weighted by molar-refractivity contribution is -0.153. The van der Waals surface area contributed by atoms with Crippen LogP contribution in [-0.4, -0.2) is 24.1 Å². The Morgan fingerprint density at radius 2 is 1.40 bits per heavy atom. The van der Waals surface area contributed by atoms with E-state index in [9.17, 15) is 14.4 Å². The van der Waals surface area contributed by atoms with Crippen LogP contribution in [0, 0.1) is 11.3 Å². The van der Waals surface area contributed by atoms with Crippen molar-refractivity contribution in [2.24, 2.45) is 17.1 Å². The van der Waals surface area contributed by atoms with Gasteiger partial charge < -0.3 is 15.2 Å². The highest BCUT2D eigenvalue weighted by atomic mass is 16.6. The summed E-state index contributed by atoms with van der Waals surface area (Å²) < 4.78 is 10.1. The van der Waals surface area contributed by atoms with Gasteiger partial charge in [-0.15, -0.1) is 0 Å². The highest BCUT2D eigenvalue weighted by molar-refractivity contribution is 5.84. The molecule has 0 saturated heterocycles. The van der Waals surface area contributed by atoms with Crippen molar-refractivity contribution in [3.63, 3.8) is 0 Å². The molecule has 0 bridgehead atoms. The first-order chi connectivity index (χ1) is 14.1. The Labute approximate surface area is 183 Å².